The van der Waals surface area contributed by atoms with Crippen molar-refractivity contribution < 1.29 is 9.72 Å². The number of non-ortho nitro benzene ring substituents is 1. The van der Waals surface area contributed by atoms with E-state index in [0.717, 1.165) is 23.9 Å². The molecule has 2 heterocycles. The second-order valence-corrected chi connectivity index (χ2v) is 5.48. The van der Waals surface area contributed by atoms with Crippen molar-refractivity contribution in [3.05, 3.63) is 39.9 Å². The van der Waals surface area contributed by atoms with Crippen LogP contribution >= 0.6 is 11.8 Å². The molecule has 0 bridgehead atoms. The molecule has 0 saturated heterocycles. The van der Waals surface area contributed by atoms with Crippen LogP contribution in [0.4, 0.5) is 11.6 Å². The zero-order valence-electron chi connectivity index (χ0n) is 10.9. The number of aromatic nitrogens is 3. The number of carbonyl (C=O) groups excluding carboxylic acids is 1. The van der Waals surface area contributed by atoms with Crippen molar-refractivity contribution in [1.82, 2.24) is 14.8 Å². The summed E-state index contributed by atoms with van der Waals surface area (Å²) in [6.07, 6.45) is 0.996. The molecule has 1 N–H and O–H groups in total. The van der Waals surface area contributed by atoms with Gasteiger partial charge in [-0.2, -0.15) is 0 Å². The lowest BCUT2D eigenvalue weighted by molar-refractivity contribution is -0.384. The predicted molar refractivity (Wildman–Crippen MR) is 76.4 cm³/mol. The maximum atomic E-state index is 12.1. The summed E-state index contributed by atoms with van der Waals surface area (Å²) in [4.78, 5) is 22.2. The molecule has 9 heteroatoms. The fourth-order valence-electron chi connectivity index (χ4n) is 1.98. The highest BCUT2D eigenvalue weighted by molar-refractivity contribution is 7.99. The van der Waals surface area contributed by atoms with Gasteiger partial charge in [-0.1, -0.05) is 11.8 Å². The molecule has 0 saturated carbocycles. The van der Waals surface area contributed by atoms with Crippen LogP contribution in [0.25, 0.3) is 0 Å². The normalized spacial score (nSPS) is 13.5. The molecule has 108 valence electrons. The number of rotatable bonds is 3. The van der Waals surface area contributed by atoms with Crippen molar-refractivity contribution in [2.45, 2.75) is 18.1 Å². The van der Waals surface area contributed by atoms with Crippen molar-refractivity contribution in [1.29, 1.82) is 0 Å². The summed E-state index contributed by atoms with van der Waals surface area (Å²) in [6, 6.07) is 5.42. The van der Waals surface area contributed by atoms with Crippen LogP contribution in [0.2, 0.25) is 0 Å². The minimum absolute atomic E-state index is 0.0530. The Bertz CT molecular complexity index is 697. The summed E-state index contributed by atoms with van der Waals surface area (Å²) in [6.45, 7) is 0.769. The lowest BCUT2D eigenvalue weighted by Crippen LogP contribution is -2.17. The standard InChI is InChI=1S/C12H11N5O3S/c18-10(8-2-4-9(5-3-8)17(19)20)13-11-14-15-12-16(11)6-1-7-21-12/h2-5H,1,6-7H2,(H,13,14,18). The number of hydrogen-bond donors (Lipinski definition) is 1. The summed E-state index contributed by atoms with van der Waals surface area (Å²) in [5.74, 6) is 1.03. The predicted octanol–water partition coefficient (Wildman–Crippen LogP) is 1.93. The molecule has 1 amide bonds. The molecule has 8 nitrogen and oxygen atoms in total. The first-order valence-electron chi connectivity index (χ1n) is 6.27. The van der Waals surface area contributed by atoms with Crippen LogP contribution in [-0.2, 0) is 6.54 Å². The maximum Gasteiger partial charge on any atom is 0.269 e. The van der Waals surface area contributed by atoms with Crippen LogP contribution in [-0.4, -0.2) is 31.3 Å². The summed E-state index contributed by atoms with van der Waals surface area (Å²) in [5, 5.41) is 22.0. The number of benzene rings is 1. The summed E-state index contributed by atoms with van der Waals surface area (Å²) < 4.78 is 1.86. The van der Waals surface area contributed by atoms with Crippen LogP contribution in [0.3, 0.4) is 0 Å². The van der Waals surface area contributed by atoms with Gasteiger partial charge in [0.25, 0.3) is 11.6 Å². The van der Waals surface area contributed by atoms with Gasteiger partial charge in [0, 0.05) is 30.0 Å². The van der Waals surface area contributed by atoms with Gasteiger partial charge in [0.2, 0.25) is 5.95 Å². The molecule has 1 aromatic heterocycles. The molecule has 21 heavy (non-hydrogen) atoms. The van der Waals surface area contributed by atoms with Gasteiger partial charge >= 0.3 is 0 Å². The van der Waals surface area contributed by atoms with Crippen LogP contribution in [0.1, 0.15) is 16.8 Å². The van der Waals surface area contributed by atoms with Crippen molar-refractivity contribution in [2.75, 3.05) is 11.1 Å². The molecule has 0 unspecified atom stereocenters. The van der Waals surface area contributed by atoms with Gasteiger partial charge in [-0.05, 0) is 18.6 Å². The highest BCUT2D eigenvalue weighted by atomic mass is 32.2. The van der Waals surface area contributed by atoms with E-state index >= 15 is 0 Å². The quantitative estimate of drug-likeness (QED) is 0.686. The fourth-order valence-corrected chi connectivity index (χ4v) is 2.87. The second-order valence-electron chi connectivity index (χ2n) is 4.42. The number of nitro benzene ring substituents is 1. The van der Waals surface area contributed by atoms with Crippen molar-refractivity contribution in [3.8, 4) is 0 Å². The number of nitrogens with zero attached hydrogens (tertiary/aromatic N) is 4. The minimum Gasteiger partial charge on any atom is -0.290 e. The third-order valence-corrected chi connectivity index (χ3v) is 4.09. The van der Waals surface area contributed by atoms with Gasteiger partial charge in [-0.3, -0.25) is 24.8 Å². The van der Waals surface area contributed by atoms with E-state index in [1.165, 1.54) is 24.3 Å². The van der Waals surface area contributed by atoms with Gasteiger partial charge < -0.3 is 0 Å². The van der Waals surface area contributed by atoms with E-state index in [1.54, 1.807) is 11.8 Å². The number of hydrogen-bond acceptors (Lipinski definition) is 6. The van der Waals surface area contributed by atoms with Crippen molar-refractivity contribution in [3.63, 3.8) is 0 Å². The Morgan fingerprint density at radius 2 is 2.10 bits per heavy atom. The molecule has 0 atom stereocenters. The summed E-state index contributed by atoms with van der Waals surface area (Å²) in [7, 11) is 0. The molecular formula is C12H11N5O3S. The number of nitro groups is 1. The first kappa shape index (κ1) is 13.6. The topological polar surface area (TPSA) is 103 Å². The lowest BCUT2D eigenvalue weighted by atomic mass is 10.2. The van der Waals surface area contributed by atoms with E-state index in [1.807, 2.05) is 4.57 Å². The van der Waals surface area contributed by atoms with Crippen LogP contribution in [0.15, 0.2) is 29.4 Å². The second kappa shape index (κ2) is 5.52. The van der Waals surface area contributed by atoms with E-state index in [0.29, 0.717) is 11.5 Å². The van der Waals surface area contributed by atoms with Crippen LogP contribution in [0.5, 0.6) is 0 Å². The molecule has 1 aliphatic heterocycles. The molecule has 3 rings (SSSR count). The average Bonchev–Trinajstić information content (AvgIpc) is 2.91. The number of amides is 1. The summed E-state index contributed by atoms with van der Waals surface area (Å²) >= 11 is 1.60. The molecule has 0 spiro atoms. The number of nitrogens with one attached hydrogen (secondary N) is 1. The van der Waals surface area contributed by atoms with E-state index in [-0.39, 0.29) is 11.6 Å². The van der Waals surface area contributed by atoms with Gasteiger partial charge in [0.15, 0.2) is 5.16 Å². The van der Waals surface area contributed by atoms with E-state index in [9.17, 15) is 14.9 Å². The van der Waals surface area contributed by atoms with Crippen LogP contribution in [0, 0.1) is 10.1 Å². The van der Waals surface area contributed by atoms with Crippen molar-refractivity contribution >= 4 is 29.3 Å². The van der Waals surface area contributed by atoms with E-state index in [2.05, 4.69) is 15.5 Å². The molecule has 0 fully saturated rings. The third kappa shape index (κ3) is 2.72. The minimum atomic E-state index is -0.506. The first-order valence-corrected chi connectivity index (χ1v) is 7.25. The smallest absolute Gasteiger partial charge is 0.269 e. The van der Waals surface area contributed by atoms with Crippen molar-refractivity contribution in [2.24, 2.45) is 0 Å². The molecule has 2 aromatic rings. The monoisotopic (exact) mass is 305 g/mol. The average molecular weight is 305 g/mol. The van der Waals surface area contributed by atoms with Gasteiger partial charge in [0.05, 0.1) is 4.92 Å². The van der Waals surface area contributed by atoms with E-state index in [4.69, 9.17) is 0 Å². The van der Waals surface area contributed by atoms with E-state index < -0.39 is 4.92 Å². The highest BCUT2D eigenvalue weighted by Crippen LogP contribution is 2.25. The molecule has 0 aliphatic carbocycles. The maximum absolute atomic E-state index is 12.1. The van der Waals surface area contributed by atoms with Gasteiger partial charge in [0.1, 0.15) is 0 Å². The molecule has 0 radical (unpaired) electrons. The number of carbonyl (C=O) groups is 1. The summed E-state index contributed by atoms with van der Waals surface area (Å²) in [5.41, 5.74) is 0.282. The SMILES string of the molecule is O=C(Nc1nnc2n1CCCS2)c1ccc([N+](=O)[O-])cc1. The largest absolute Gasteiger partial charge is 0.290 e. The van der Waals surface area contributed by atoms with Gasteiger partial charge in [-0.25, -0.2) is 0 Å². The Balaban J connectivity index is 1.77. The number of fused-ring (bicyclic) bond motifs is 1. The zero-order chi connectivity index (χ0) is 14.8. The number of thioether (sulfide) groups is 1. The lowest BCUT2D eigenvalue weighted by Gasteiger charge is -2.14. The molecular weight excluding hydrogens is 294 g/mol. The Morgan fingerprint density at radius 1 is 1.33 bits per heavy atom. The van der Waals surface area contributed by atoms with Crippen LogP contribution < -0.4 is 5.32 Å². The third-order valence-electron chi connectivity index (χ3n) is 3.04. The molecule has 1 aromatic carbocycles. The Labute approximate surface area is 123 Å². The Morgan fingerprint density at radius 3 is 2.81 bits per heavy atom. The van der Waals surface area contributed by atoms with Gasteiger partial charge in [-0.15, -0.1) is 10.2 Å². The number of anilines is 1. The highest BCUT2D eigenvalue weighted by Gasteiger charge is 2.18. The Kier molecular flexibility index (Phi) is 3.57. The first-order chi connectivity index (χ1) is 10.1. The fraction of sp³-hybridized carbons (Fsp3) is 0.250. The zero-order valence-corrected chi connectivity index (χ0v) is 11.7. The Hall–Kier alpha value is -2.42. The molecule has 1 aliphatic rings.